The van der Waals surface area contributed by atoms with E-state index in [0.29, 0.717) is 0 Å². The van der Waals surface area contributed by atoms with Crippen molar-refractivity contribution in [2.24, 2.45) is 5.73 Å². The minimum absolute atomic E-state index is 0.0899. The molecule has 0 atom stereocenters. The Morgan fingerprint density at radius 3 is 2.75 bits per heavy atom. The minimum Gasteiger partial charge on any atom is -0.364 e. The summed E-state index contributed by atoms with van der Waals surface area (Å²) in [6.07, 6.45) is 1.28. The third-order valence-corrected chi connectivity index (χ3v) is 1.61. The van der Waals surface area contributed by atoms with E-state index in [0.717, 1.165) is 0 Å². The molecule has 7 heteroatoms. The Morgan fingerprint density at radius 1 is 1.58 bits per heavy atom. The highest BCUT2D eigenvalue weighted by atomic mass is 32.2. The molecule has 1 aromatic rings. The van der Waals surface area contributed by atoms with Crippen LogP contribution in [0.1, 0.15) is 10.5 Å². The first-order chi connectivity index (χ1) is 5.61. The molecule has 0 saturated heterocycles. The van der Waals surface area contributed by atoms with E-state index < -0.39 is 16.2 Å². The molecule has 0 radical (unpaired) electrons. The van der Waals surface area contributed by atoms with E-state index in [2.05, 4.69) is 9.97 Å². The van der Waals surface area contributed by atoms with Crippen LogP contribution in [0.5, 0.6) is 0 Å². The number of primary amides is 1. The summed E-state index contributed by atoms with van der Waals surface area (Å²) in [4.78, 5) is 16.3. The maximum atomic E-state index is 10.5. The van der Waals surface area contributed by atoms with Crippen LogP contribution < -0.4 is 5.73 Å². The topological polar surface area (TPSA) is 106 Å². The van der Waals surface area contributed by atoms with E-state index >= 15 is 0 Å². The van der Waals surface area contributed by atoms with E-state index in [1.807, 2.05) is 0 Å². The molecule has 0 unspecified atom stereocenters. The highest BCUT2D eigenvalue weighted by Crippen LogP contribution is 1.88. The van der Waals surface area contributed by atoms with Gasteiger partial charge in [0.15, 0.2) is 0 Å². The molecule has 0 aliphatic carbocycles. The summed E-state index contributed by atoms with van der Waals surface area (Å²) in [6.45, 7) is 0. The van der Waals surface area contributed by atoms with Crippen molar-refractivity contribution in [2.45, 2.75) is 0 Å². The van der Waals surface area contributed by atoms with Crippen molar-refractivity contribution in [3.8, 4) is 0 Å². The number of nitrogens with two attached hydrogens (primary N) is 1. The van der Waals surface area contributed by atoms with Crippen LogP contribution in [0, 0.1) is 4.77 Å². The third-order valence-electron chi connectivity index (χ3n) is 1.08. The summed E-state index contributed by atoms with van der Waals surface area (Å²) in [5.74, 6) is -0.768. The number of nitrogens with zero attached hydrogens (tertiary/aromatic N) is 1. The summed E-state index contributed by atoms with van der Waals surface area (Å²) < 4.78 is 20.3. The van der Waals surface area contributed by atoms with Crippen LogP contribution >= 0.6 is 0 Å². The molecule has 0 bridgehead atoms. The zero-order valence-electron chi connectivity index (χ0n) is 5.81. The van der Waals surface area contributed by atoms with E-state index in [9.17, 15) is 13.2 Å². The lowest BCUT2D eigenvalue weighted by Crippen LogP contribution is -2.13. The van der Waals surface area contributed by atoms with Gasteiger partial charge in [0, 0.05) is 6.20 Å². The second kappa shape index (κ2) is 3.18. The number of carbonyl (C=O) groups is 1. The van der Waals surface area contributed by atoms with Gasteiger partial charge < -0.3 is 10.7 Å². The van der Waals surface area contributed by atoms with Crippen LogP contribution in [0.2, 0.25) is 0 Å². The lowest BCUT2D eigenvalue weighted by molar-refractivity contribution is 0.0995. The quantitative estimate of drug-likeness (QED) is 0.545. The minimum atomic E-state index is -2.48. The molecule has 0 fully saturated rings. The number of aromatic amines is 1. The fourth-order valence-corrected chi connectivity index (χ4v) is 0.931. The van der Waals surface area contributed by atoms with Gasteiger partial charge in [-0.3, -0.25) is 4.79 Å². The van der Waals surface area contributed by atoms with Crippen LogP contribution in [-0.4, -0.2) is 24.3 Å². The fourth-order valence-electron chi connectivity index (χ4n) is 0.593. The van der Waals surface area contributed by atoms with Gasteiger partial charge in [-0.25, -0.2) is 4.98 Å². The molecule has 0 spiro atoms. The number of nitrogens with one attached hydrogen (secondary N) is 1. The van der Waals surface area contributed by atoms with Crippen LogP contribution in [0.15, 0.2) is 12.3 Å². The molecule has 0 aliphatic rings. The van der Waals surface area contributed by atoms with Crippen molar-refractivity contribution in [1.29, 1.82) is 0 Å². The Balaban J connectivity index is 3.53. The maximum absolute atomic E-state index is 10.5. The van der Waals surface area contributed by atoms with Crippen molar-refractivity contribution < 1.29 is 13.2 Å². The Labute approximate surface area is 68.6 Å². The SMILES string of the molecule is NC(=O)c1cc[nH]c(=S(=O)=O)n1. The number of H-pyrrole nitrogens is 1. The van der Waals surface area contributed by atoms with Gasteiger partial charge in [-0.05, 0) is 6.07 Å². The van der Waals surface area contributed by atoms with Crippen molar-refractivity contribution in [2.75, 3.05) is 0 Å². The third kappa shape index (κ3) is 1.70. The van der Waals surface area contributed by atoms with Gasteiger partial charge in [0.05, 0.1) is 0 Å². The van der Waals surface area contributed by atoms with E-state index in [1.54, 1.807) is 0 Å². The summed E-state index contributed by atoms with van der Waals surface area (Å²) in [5.41, 5.74) is 4.78. The van der Waals surface area contributed by atoms with Gasteiger partial charge in [-0.15, -0.1) is 0 Å². The summed E-state index contributed by atoms with van der Waals surface area (Å²) in [5, 5.41) is 0. The predicted molar refractivity (Wildman–Crippen MR) is 39.3 cm³/mol. The Bertz CT molecular complexity index is 465. The fraction of sp³-hybridized carbons (Fsp3) is 0. The highest BCUT2D eigenvalue weighted by molar-refractivity contribution is 7.63. The molecular formula is C5H5N3O3S. The molecule has 64 valence electrons. The molecule has 1 rings (SSSR count). The number of hydrogen-bond donors (Lipinski definition) is 2. The Morgan fingerprint density at radius 2 is 2.25 bits per heavy atom. The van der Waals surface area contributed by atoms with Crippen LogP contribution in [0.3, 0.4) is 0 Å². The molecule has 1 heterocycles. The van der Waals surface area contributed by atoms with Crippen LogP contribution in [0.4, 0.5) is 0 Å². The molecule has 6 nitrogen and oxygen atoms in total. The first-order valence-corrected chi connectivity index (χ1v) is 3.96. The highest BCUT2D eigenvalue weighted by Gasteiger charge is 1.99. The van der Waals surface area contributed by atoms with Gasteiger partial charge in [0.25, 0.3) is 21.0 Å². The number of aromatic nitrogens is 2. The first-order valence-electron chi connectivity index (χ1n) is 2.89. The van der Waals surface area contributed by atoms with Crippen molar-refractivity contribution >= 4 is 16.2 Å². The number of carbonyl (C=O) groups excluding carboxylic acids is 1. The smallest absolute Gasteiger partial charge is 0.267 e. The number of amides is 1. The summed E-state index contributed by atoms with van der Waals surface area (Å²) in [6, 6.07) is 1.29. The van der Waals surface area contributed by atoms with Gasteiger partial charge in [0.2, 0.25) is 0 Å². The zero-order valence-corrected chi connectivity index (χ0v) is 6.63. The van der Waals surface area contributed by atoms with Crippen molar-refractivity contribution in [3.05, 3.63) is 22.7 Å². The average molecular weight is 187 g/mol. The molecule has 0 aliphatic heterocycles. The maximum Gasteiger partial charge on any atom is 0.267 e. The van der Waals surface area contributed by atoms with Gasteiger partial charge in [-0.2, -0.15) is 8.42 Å². The lowest BCUT2D eigenvalue weighted by Gasteiger charge is -1.89. The second-order valence-corrected chi connectivity index (χ2v) is 2.73. The van der Waals surface area contributed by atoms with Gasteiger partial charge in [-0.1, -0.05) is 0 Å². The Kier molecular flexibility index (Phi) is 2.24. The molecule has 1 amide bonds. The molecule has 3 N–H and O–H groups in total. The van der Waals surface area contributed by atoms with Gasteiger partial charge >= 0.3 is 0 Å². The van der Waals surface area contributed by atoms with E-state index in [4.69, 9.17) is 5.73 Å². The molecule has 0 aromatic carbocycles. The molecule has 0 saturated carbocycles. The van der Waals surface area contributed by atoms with Gasteiger partial charge in [0.1, 0.15) is 5.69 Å². The average Bonchev–Trinajstić information content (AvgIpc) is 2.04. The van der Waals surface area contributed by atoms with Crippen molar-refractivity contribution in [1.82, 2.24) is 9.97 Å². The monoisotopic (exact) mass is 187 g/mol. The molecular weight excluding hydrogens is 182 g/mol. The zero-order chi connectivity index (χ0) is 9.14. The van der Waals surface area contributed by atoms with Crippen LogP contribution in [0.25, 0.3) is 0 Å². The largest absolute Gasteiger partial charge is 0.364 e. The van der Waals surface area contributed by atoms with E-state index in [1.165, 1.54) is 12.3 Å². The Hall–Kier alpha value is -1.63. The second-order valence-electron chi connectivity index (χ2n) is 1.88. The lowest BCUT2D eigenvalue weighted by atomic mass is 10.4. The van der Waals surface area contributed by atoms with Crippen LogP contribution in [-0.2, 0) is 10.3 Å². The predicted octanol–water partition coefficient (Wildman–Crippen LogP) is -1.08. The normalized spacial score (nSPS) is 9.33. The molecule has 1 aromatic heterocycles. The molecule has 12 heavy (non-hydrogen) atoms. The standard InChI is InChI=1S/C5H5N3O3S/c6-4(9)3-1-2-7-5(8-3)12(10)11/h1-2,7H,(H2,6,9). The van der Waals surface area contributed by atoms with Crippen molar-refractivity contribution in [3.63, 3.8) is 0 Å². The first kappa shape index (κ1) is 8.47. The number of rotatable bonds is 1. The summed E-state index contributed by atoms with van der Waals surface area (Å²) >= 11 is 0. The number of hydrogen-bond acceptors (Lipinski definition) is 4. The summed E-state index contributed by atoms with van der Waals surface area (Å²) in [7, 11) is -2.48. The van der Waals surface area contributed by atoms with E-state index in [-0.39, 0.29) is 10.5 Å².